The number of thiocyanates is 1. The molecule has 142 valence electrons. The van der Waals surface area contributed by atoms with E-state index in [2.05, 4.69) is 15.0 Å². The summed E-state index contributed by atoms with van der Waals surface area (Å²) in [6, 6.07) is 14.9. The molecule has 0 unspecified atom stereocenters. The Bertz CT molecular complexity index is 1100. The molecule has 0 saturated heterocycles. The van der Waals surface area contributed by atoms with Gasteiger partial charge in [-0.2, -0.15) is 5.26 Å². The summed E-state index contributed by atoms with van der Waals surface area (Å²) in [5, 5.41) is 15.2. The Morgan fingerprint density at radius 3 is 2.54 bits per heavy atom. The van der Waals surface area contributed by atoms with Gasteiger partial charge >= 0.3 is 0 Å². The van der Waals surface area contributed by atoms with Gasteiger partial charge in [0.25, 0.3) is 10.0 Å². The van der Waals surface area contributed by atoms with Crippen LogP contribution in [0, 0.1) is 10.7 Å². The summed E-state index contributed by atoms with van der Waals surface area (Å²) in [7, 11) is -3.71. The lowest BCUT2D eigenvalue weighted by Gasteiger charge is -2.05. The molecule has 7 nitrogen and oxygen atoms in total. The molecule has 0 bridgehead atoms. The van der Waals surface area contributed by atoms with Crippen LogP contribution in [0.3, 0.4) is 0 Å². The number of benzene rings is 2. The van der Waals surface area contributed by atoms with E-state index >= 15 is 0 Å². The van der Waals surface area contributed by atoms with Gasteiger partial charge < -0.3 is 5.32 Å². The molecule has 0 fully saturated rings. The maximum Gasteiger partial charge on any atom is 0.263 e. The minimum Gasteiger partial charge on any atom is -0.326 e. The van der Waals surface area contributed by atoms with E-state index in [0.29, 0.717) is 11.4 Å². The predicted molar refractivity (Wildman–Crippen MR) is 110 cm³/mol. The molecule has 1 amide bonds. The fourth-order valence-electron chi connectivity index (χ4n) is 2.24. The minimum absolute atomic E-state index is 0.0122. The number of carbonyl (C=O) groups is 1. The molecule has 1 aromatic heterocycles. The molecule has 0 spiro atoms. The first-order valence-corrected chi connectivity index (χ1v) is 11.1. The molecule has 2 aromatic carbocycles. The second kappa shape index (κ2) is 8.88. The SMILES string of the molecule is N#CSc1ccc(NC(=O)Cc2csc(NS(=O)(=O)c3ccccc3)n2)cc1. The normalized spacial score (nSPS) is 10.8. The lowest BCUT2D eigenvalue weighted by atomic mass is 10.3. The van der Waals surface area contributed by atoms with E-state index in [9.17, 15) is 13.2 Å². The number of thiazole rings is 1. The number of anilines is 2. The van der Waals surface area contributed by atoms with E-state index < -0.39 is 10.0 Å². The Morgan fingerprint density at radius 2 is 1.86 bits per heavy atom. The van der Waals surface area contributed by atoms with Crippen LogP contribution in [0.1, 0.15) is 5.69 Å². The Hall–Kier alpha value is -2.87. The average molecular weight is 431 g/mol. The van der Waals surface area contributed by atoms with E-state index in [-0.39, 0.29) is 22.4 Å². The first kappa shape index (κ1) is 19.9. The number of thioether (sulfide) groups is 1. The molecule has 3 aromatic rings. The van der Waals surface area contributed by atoms with Crippen LogP contribution in [0.2, 0.25) is 0 Å². The van der Waals surface area contributed by atoms with Crippen molar-refractivity contribution >= 4 is 49.8 Å². The van der Waals surface area contributed by atoms with Gasteiger partial charge in [0.05, 0.1) is 17.0 Å². The Morgan fingerprint density at radius 1 is 1.14 bits per heavy atom. The van der Waals surface area contributed by atoms with Crippen LogP contribution in [0.15, 0.2) is 69.8 Å². The van der Waals surface area contributed by atoms with Crippen molar-refractivity contribution in [1.29, 1.82) is 5.26 Å². The van der Waals surface area contributed by atoms with Crippen molar-refractivity contribution in [2.45, 2.75) is 16.2 Å². The van der Waals surface area contributed by atoms with E-state index in [1.165, 1.54) is 12.1 Å². The van der Waals surface area contributed by atoms with E-state index in [1.807, 2.05) is 5.40 Å². The molecular formula is C18H14N4O3S3. The van der Waals surface area contributed by atoms with E-state index in [0.717, 1.165) is 28.0 Å². The summed E-state index contributed by atoms with van der Waals surface area (Å²) in [4.78, 5) is 17.3. The van der Waals surface area contributed by atoms with Gasteiger partial charge in [0.15, 0.2) is 5.13 Å². The standard InChI is InChI=1S/C18H14N4O3S3/c19-12-27-15-8-6-13(7-9-15)20-17(23)10-14-11-26-18(21-14)22-28(24,25)16-4-2-1-3-5-16/h1-9,11H,10H2,(H,20,23)(H,21,22). The van der Waals surface area contributed by atoms with Crippen molar-refractivity contribution in [2.75, 3.05) is 10.0 Å². The van der Waals surface area contributed by atoms with Crippen molar-refractivity contribution in [3.8, 4) is 5.40 Å². The smallest absolute Gasteiger partial charge is 0.263 e. The number of hydrogen-bond donors (Lipinski definition) is 2. The third-order valence-electron chi connectivity index (χ3n) is 3.47. The summed E-state index contributed by atoms with van der Waals surface area (Å²) in [6.45, 7) is 0. The Labute approximate surface area is 170 Å². The highest BCUT2D eigenvalue weighted by Crippen LogP contribution is 2.21. The second-order valence-corrected chi connectivity index (χ2v) is 8.90. The van der Waals surface area contributed by atoms with Gasteiger partial charge in [0, 0.05) is 16.0 Å². The van der Waals surface area contributed by atoms with Crippen molar-refractivity contribution in [3.63, 3.8) is 0 Å². The average Bonchev–Trinajstić information content (AvgIpc) is 3.10. The highest BCUT2D eigenvalue weighted by molar-refractivity contribution is 8.03. The summed E-state index contributed by atoms with van der Waals surface area (Å²) in [5.41, 5.74) is 1.07. The zero-order valence-electron chi connectivity index (χ0n) is 14.3. The summed E-state index contributed by atoms with van der Waals surface area (Å²) in [6.07, 6.45) is 0.0122. The zero-order chi connectivity index (χ0) is 20.0. The largest absolute Gasteiger partial charge is 0.326 e. The number of nitriles is 1. The van der Waals surface area contributed by atoms with Crippen molar-refractivity contribution in [1.82, 2.24) is 4.98 Å². The van der Waals surface area contributed by atoms with Crippen LogP contribution in [-0.2, 0) is 21.2 Å². The molecule has 3 rings (SSSR count). The van der Waals surface area contributed by atoms with Gasteiger partial charge in [-0.3, -0.25) is 9.52 Å². The van der Waals surface area contributed by atoms with Crippen LogP contribution in [0.4, 0.5) is 10.8 Å². The summed E-state index contributed by atoms with van der Waals surface area (Å²) < 4.78 is 27.0. The van der Waals surface area contributed by atoms with Crippen molar-refractivity contribution in [2.24, 2.45) is 0 Å². The van der Waals surface area contributed by atoms with Crippen molar-refractivity contribution < 1.29 is 13.2 Å². The van der Waals surface area contributed by atoms with E-state index in [4.69, 9.17) is 5.26 Å². The van der Waals surface area contributed by atoms with Gasteiger partial charge in [0.2, 0.25) is 5.91 Å². The fraction of sp³-hybridized carbons (Fsp3) is 0.0556. The highest BCUT2D eigenvalue weighted by Gasteiger charge is 2.16. The predicted octanol–water partition coefficient (Wildman–Crippen LogP) is 3.70. The molecule has 0 saturated carbocycles. The maximum absolute atomic E-state index is 12.3. The van der Waals surface area contributed by atoms with Crippen LogP contribution in [-0.4, -0.2) is 19.3 Å². The number of aromatic nitrogens is 1. The number of carbonyl (C=O) groups excluding carboxylic acids is 1. The molecule has 28 heavy (non-hydrogen) atoms. The molecule has 0 radical (unpaired) electrons. The van der Waals surface area contributed by atoms with Crippen LogP contribution < -0.4 is 10.0 Å². The molecule has 1 heterocycles. The van der Waals surface area contributed by atoms with Crippen molar-refractivity contribution in [3.05, 3.63) is 65.7 Å². The molecule has 2 N–H and O–H groups in total. The minimum atomic E-state index is -3.71. The fourth-order valence-corrected chi connectivity index (χ4v) is 4.60. The van der Waals surface area contributed by atoms with Gasteiger partial charge in [-0.05, 0) is 48.2 Å². The van der Waals surface area contributed by atoms with Gasteiger partial charge in [-0.15, -0.1) is 11.3 Å². The van der Waals surface area contributed by atoms with Gasteiger partial charge in [-0.1, -0.05) is 18.2 Å². The lowest BCUT2D eigenvalue weighted by molar-refractivity contribution is -0.115. The van der Waals surface area contributed by atoms with Gasteiger partial charge in [-0.25, -0.2) is 13.4 Å². The van der Waals surface area contributed by atoms with Crippen LogP contribution in [0.5, 0.6) is 0 Å². The molecule has 0 atom stereocenters. The topological polar surface area (TPSA) is 112 Å². The van der Waals surface area contributed by atoms with Crippen LogP contribution in [0.25, 0.3) is 0 Å². The summed E-state index contributed by atoms with van der Waals surface area (Å²) >= 11 is 2.15. The number of nitrogens with one attached hydrogen (secondary N) is 2. The molecule has 10 heteroatoms. The first-order valence-electron chi connectivity index (χ1n) is 7.94. The third-order valence-corrected chi connectivity index (χ3v) is 6.36. The second-order valence-electron chi connectivity index (χ2n) is 5.51. The number of amides is 1. The quantitative estimate of drug-likeness (QED) is 0.437. The number of hydrogen-bond acceptors (Lipinski definition) is 7. The third kappa shape index (κ3) is 5.32. The number of nitrogens with zero attached hydrogens (tertiary/aromatic N) is 2. The molecular weight excluding hydrogens is 416 g/mol. The monoisotopic (exact) mass is 430 g/mol. The maximum atomic E-state index is 12.3. The van der Waals surface area contributed by atoms with Gasteiger partial charge in [0.1, 0.15) is 5.40 Å². The van der Waals surface area contributed by atoms with Crippen LogP contribution >= 0.6 is 23.1 Å². The molecule has 0 aliphatic heterocycles. The number of rotatable bonds is 7. The first-order chi connectivity index (χ1) is 13.5. The Balaban J connectivity index is 1.59. The highest BCUT2D eigenvalue weighted by atomic mass is 32.2. The number of sulfonamides is 1. The summed E-state index contributed by atoms with van der Waals surface area (Å²) in [5.74, 6) is -0.275. The molecule has 0 aliphatic rings. The zero-order valence-corrected chi connectivity index (χ0v) is 16.8. The molecule has 0 aliphatic carbocycles. The van der Waals surface area contributed by atoms with E-state index in [1.54, 1.807) is 47.8 Å². The Kier molecular flexibility index (Phi) is 6.30. The lowest BCUT2D eigenvalue weighted by Crippen LogP contribution is -2.15.